The van der Waals surface area contributed by atoms with Crippen LogP contribution in [0.2, 0.25) is 0 Å². The number of pyridine rings is 3. The smallest absolute Gasteiger partial charge is 0.265 e. The largest absolute Gasteiger partial charge is 0.312 e. The van der Waals surface area contributed by atoms with Gasteiger partial charge in [0.25, 0.3) is 11.1 Å². The molecule has 4 heterocycles. The lowest BCUT2D eigenvalue weighted by molar-refractivity contribution is 0.714. The Balaban J connectivity index is 1.84. The molecular formula is C17H13N5O2. The highest BCUT2D eigenvalue weighted by atomic mass is 16.1. The van der Waals surface area contributed by atoms with Gasteiger partial charge in [0.1, 0.15) is 5.82 Å². The van der Waals surface area contributed by atoms with Crippen LogP contribution in [0.1, 0.15) is 18.9 Å². The molecule has 1 N–H and O–H groups in total. The zero-order valence-electron chi connectivity index (χ0n) is 12.6. The number of hydrogen-bond acceptors (Lipinski definition) is 4. The standard InChI is InChI=1S/C17H13N5O2/c23-16-11-9-12-14(19-13(11)4-7-21(16)10-1-2-10)5-8-22(17(12)24)15-3-6-18-20-15/h3-10H,1-2H2,(H,18,20). The molecule has 4 aromatic heterocycles. The molecule has 0 amide bonds. The van der Waals surface area contributed by atoms with Crippen molar-refractivity contribution >= 4 is 21.8 Å². The number of hydrogen-bond donors (Lipinski definition) is 1. The quantitative estimate of drug-likeness (QED) is 0.570. The number of aromatic amines is 1. The van der Waals surface area contributed by atoms with Crippen molar-refractivity contribution < 1.29 is 0 Å². The van der Waals surface area contributed by atoms with Crippen LogP contribution in [-0.2, 0) is 0 Å². The van der Waals surface area contributed by atoms with Crippen LogP contribution in [0.4, 0.5) is 0 Å². The van der Waals surface area contributed by atoms with E-state index in [2.05, 4.69) is 15.2 Å². The van der Waals surface area contributed by atoms with Gasteiger partial charge in [0.15, 0.2) is 0 Å². The Hall–Kier alpha value is -3.22. The zero-order chi connectivity index (χ0) is 16.3. The van der Waals surface area contributed by atoms with Crippen LogP contribution in [0, 0.1) is 0 Å². The van der Waals surface area contributed by atoms with Gasteiger partial charge in [-0.05, 0) is 31.0 Å². The normalized spacial score (nSPS) is 14.5. The van der Waals surface area contributed by atoms with Crippen LogP contribution in [0.25, 0.3) is 27.6 Å². The molecule has 0 spiro atoms. The summed E-state index contributed by atoms with van der Waals surface area (Å²) in [4.78, 5) is 29.9. The second-order valence-corrected chi connectivity index (χ2v) is 6.05. The number of H-pyrrole nitrogens is 1. The third kappa shape index (κ3) is 1.84. The molecule has 0 radical (unpaired) electrons. The summed E-state index contributed by atoms with van der Waals surface area (Å²) in [7, 11) is 0. The third-order valence-corrected chi connectivity index (χ3v) is 4.46. The Kier molecular flexibility index (Phi) is 2.56. The molecule has 24 heavy (non-hydrogen) atoms. The van der Waals surface area contributed by atoms with Crippen molar-refractivity contribution in [2.24, 2.45) is 0 Å². The lowest BCUT2D eigenvalue weighted by Gasteiger charge is -2.07. The van der Waals surface area contributed by atoms with Crippen molar-refractivity contribution in [3.8, 4) is 5.82 Å². The number of rotatable bonds is 2. The van der Waals surface area contributed by atoms with Crippen LogP contribution in [0.5, 0.6) is 0 Å². The lowest BCUT2D eigenvalue weighted by atomic mass is 10.2. The summed E-state index contributed by atoms with van der Waals surface area (Å²) in [6, 6.07) is 7.27. The molecule has 0 saturated heterocycles. The van der Waals surface area contributed by atoms with Crippen molar-refractivity contribution in [3.63, 3.8) is 0 Å². The maximum Gasteiger partial charge on any atom is 0.265 e. The molecule has 0 bridgehead atoms. The average molecular weight is 319 g/mol. The fraction of sp³-hybridized carbons (Fsp3) is 0.176. The molecule has 1 aliphatic rings. The number of aromatic nitrogens is 5. The van der Waals surface area contributed by atoms with Gasteiger partial charge in [0.2, 0.25) is 0 Å². The molecule has 0 unspecified atom stereocenters. The van der Waals surface area contributed by atoms with Crippen LogP contribution < -0.4 is 11.1 Å². The van der Waals surface area contributed by atoms with E-state index in [1.54, 1.807) is 41.4 Å². The lowest BCUT2D eigenvalue weighted by Crippen LogP contribution is -2.21. The van der Waals surface area contributed by atoms with Gasteiger partial charge in [-0.3, -0.25) is 19.3 Å². The minimum absolute atomic E-state index is 0.0826. The van der Waals surface area contributed by atoms with E-state index in [-0.39, 0.29) is 17.2 Å². The minimum atomic E-state index is -0.229. The van der Waals surface area contributed by atoms with Gasteiger partial charge in [-0.2, -0.15) is 5.10 Å². The van der Waals surface area contributed by atoms with E-state index >= 15 is 0 Å². The number of fused-ring (bicyclic) bond motifs is 2. The average Bonchev–Trinajstić information content (AvgIpc) is 3.28. The first-order chi connectivity index (χ1) is 11.7. The molecule has 1 saturated carbocycles. The van der Waals surface area contributed by atoms with Crippen molar-refractivity contribution in [2.45, 2.75) is 18.9 Å². The first kappa shape index (κ1) is 13.2. The predicted octanol–water partition coefficient (Wildman–Crippen LogP) is 1.76. The summed E-state index contributed by atoms with van der Waals surface area (Å²) in [5, 5.41) is 7.54. The molecule has 5 rings (SSSR count). The monoisotopic (exact) mass is 319 g/mol. The van der Waals surface area contributed by atoms with Gasteiger partial charge in [0, 0.05) is 24.5 Å². The molecule has 1 aliphatic carbocycles. The van der Waals surface area contributed by atoms with Gasteiger partial charge in [-0.15, -0.1) is 0 Å². The topological polar surface area (TPSA) is 85.6 Å². The molecule has 0 aromatic carbocycles. The Labute approximate surface area is 135 Å². The molecule has 118 valence electrons. The van der Waals surface area contributed by atoms with Gasteiger partial charge < -0.3 is 4.57 Å². The van der Waals surface area contributed by atoms with E-state index in [1.165, 1.54) is 4.57 Å². The van der Waals surface area contributed by atoms with E-state index in [0.717, 1.165) is 12.8 Å². The van der Waals surface area contributed by atoms with Gasteiger partial charge >= 0.3 is 0 Å². The number of nitrogens with zero attached hydrogens (tertiary/aromatic N) is 4. The summed E-state index contributed by atoms with van der Waals surface area (Å²) >= 11 is 0. The second-order valence-electron chi connectivity index (χ2n) is 6.05. The van der Waals surface area contributed by atoms with Crippen molar-refractivity contribution in [3.05, 3.63) is 63.6 Å². The van der Waals surface area contributed by atoms with Crippen molar-refractivity contribution in [1.29, 1.82) is 0 Å². The SMILES string of the molecule is O=c1c2cc3c(=O)n(C4CC4)ccc3nc2ccn1-c1ccn[nH]1. The van der Waals surface area contributed by atoms with Gasteiger partial charge in [0.05, 0.1) is 28.0 Å². The highest BCUT2D eigenvalue weighted by molar-refractivity contribution is 5.91. The maximum atomic E-state index is 12.8. The zero-order valence-corrected chi connectivity index (χ0v) is 12.6. The first-order valence-electron chi connectivity index (χ1n) is 7.79. The number of nitrogens with one attached hydrogen (secondary N) is 1. The van der Waals surface area contributed by atoms with Crippen molar-refractivity contribution in [2.75, 3.05) is 0 Å². The molecule has 4 aromatic rings. The van der Waals surface area contributed by atoms with Crippen molar-refractivity contribution in [1.82, 2.24) is 24.3 Å². The van der Waals surface area contributed by atoms with E-state index in [9.17, 15) is 9.59 Å². The third-order valence-electron chi connectivity index (χ3n) is 4.46. The van der Waals surface area contributed by atoms with Crippen LogP contribution in [0.15, 0.2) is 52.4 Å². The Morgan fingerprint density at radius 3 is 2.46 bits per heavy atom. The molecule has 0 aliphatic heterocycles. The predicted molar refractivity (Wildman–Crippen MR) is 89.5 cm³/mol. The minimum Gasteiger partial charge on any atom is -0.312 e. The Morgan fingerprint density at radius 1 is 1.00 bits per heavy atom. The molecule has 7 nitrogen and oxygen atoms in total. The summed E-state index contributed by atoms with van der Waals surface area (Å²) in [6.45, 7) is 0. The summed E-state index contributed by atoms with van der Waals surface area (Å²) in [5.41, 5.74) is 0.878. The highest BCUT2D eigenvalue weighted by Crippen LogP contribution is 2.33. The highest BCUT2D eigenvalue weighted by Gasteiger charge is 2.25. The van der Waals surface area contributed by atoms with Crippen LogP contribution in [-0.4, -0.2) is 24.3 Å². The van der Waals surface area contributed by atoms with Gasteiger partial charge in [-0.1, -0.05) is 0 Å². The van der Waals surface area contributed by atoms with E-state index in [1.807, 2.05) is 6.07 Å². The summed E-state index contributed by atoms with van der Waals surface area (Å²) < 4.78 is 3.21. The molecule has 0 atom stereocenters. The Morgan fingerprint density at radius 2 is 1.75 bits per heavy atom. The van der Waals surface area contributed by atoms with E-state index in [4.69, 9.17) is 0 Å². The van der Waals surface area contributed by atoms with Gasteiger partial charge in [-0.25, -0.2) is 4.98 Å². The maximum absolute atomic E-state index is 12.8. The summed E-state index contributed by atoms with van der Waals surface area (Å²) in [6.07, 6.45) is 7.09. The fourth-order valence-electron chi connectivity index (χ4n) is 3.05. The molecule has 1 fully saturated rings. The summed E-state index contributed by atoms with van der Waals surface area (Å²) in [5.74, 6) is 0.574. The molecular weight excluding hydrogens is 306 g/mol. The molecule has 7 heteroatoms. The first-order valence-corrected chi connectivity index (χ1v) is 7.79. The second kappa shape index (κ2) is 4.64. The Bertz CT molecular complexity index is 1200. The fourth-order valence-corrected chi connectivity index (χ4v) is 3.05. The van der Waals surface area contributed by atoms with E-state index < -0.39 is 0 Å². The van der Waals surface area contributed by atoms with E-state index in [0.29, 0.717) is 27.6 Å². The van der Waals surface area contributed by atoms with Crippen LogP contribution in [0.3, 0.4) is 0 Å². The van der Waals surface area contributed by atoms with Crippen LogP contribution >= 0.6 is 0 Å².